The van der Waals surface area contributed by atoms with Crippen LogP contribution in [0.2, 0.25) is 18.1 Å². The van der Waals surface area contributed by atoms with Crippen molar-refractivity contribution in [1.82, 2.24) is 0 Å². The van der Waals surface area contributed by atoms with Crippen molar-refractivity contribution < 1.29 is 14.3 Å². The minimum Gasteiger partial charge on any atom is -0.497 e. The standard InChI is InChI=1S/C15H22N2O2Si/c1-5-20(6-2,7-3)15(17-16)14(18)12-8-10-13(19-4)11-9-12/h8-11H,5-7H2,1-4H3. The van der Waals surface area contributed by atoms with Crippen LogP contribution in [0.25, 0.3) is 5.53 Å². The van der Waals surface area contributed by atoms with Gasteiger partial charge in [0.25, 0.3) is 5.78 Å². The third-order valence-electron chi connectivity index (χ3n) is 4.20. The summed E-state index contributed by atoms with van der Waals surface area (Å²) in [5.74, 6) is 0.543. The van der Waals surface area contributed by atoms with Crippen LogP contribution in [-0.2, 0) is 0 Å². The molecule has 1 rings (SSSR count). The fourth-order valence-corrected chi connectivity index (χ4v) is 5.87. The highest BCUT2D eigenvalue weighted by molar-refractivity contribution is 7.14. The molecule has 0 unspecified atom stereocenters. The van der Waals surface area contributed by atoms with Crippen LogP contribution in [-0.4, -0.2) is 31.1 Å². The first-order chi connectivity index (χ1) is 9.58. The molecule has 0 heterocycles. The first-order valence-electron chi connectivity index (χ1n) is 6.99. The summed E-state index contributed by atoms with van der Waals surface area (Å²) in [6.07, 6.45) is 0. The lowest BCUT2D eigenvalue weighted by Gasteiger charge is -2.21. The molecule has 0 bridgehead atoms. The summed E-state index contributed by atoms with van der Waals surface area (Å²) in [4.78, 5) is 16.0. The first kappa shape index (κ1) is 16.3. The van der Waals surface area contributed by atoms with Gasteiger partial charge in [-0.3, -0.25) is 4.79 Å². The molecule has 0 aromatic heterocycles. The molecule has 0 amide bonds. The normalized spacial score (nSPS) is 10.8. The number of methoxy groups -OCH3 is 1. The summed E-state index contributed by atoms with van der Waals surface area (Å²) in [7, 11) is -0.411. The van der Waals surface area contributed by atoms with Gasteiger partial charge in [0.1, 0.15) is 5.75 Å². The second kappa shape index (κ2) is 7.17. The minimum absolute atomic E-state index is 0.160. The van der Waals surface area contributed by atoms with Gasteiger partial charge in [-0.1, -0.05) is 20.8 Å². The van der Waals surface area contributed by atoms with Crippen molar-refractivity contribution in [3.05, 3.63) is 35.4 Å². The predicted molar refractivity (Wildman–Crippen MR) is 83.1 cm³/mol. The van der Waals surface area contributed by atoms with Crippen molar-refractivity contribution in [3.63, 3.8) is 0 Å². The number of carbonyl (C=O) groups excluding carboxylic acids is 1. The molecule has 0 fully saturated rings. The van der Waals surface area contributed by atoms with Gasteiger partial charge < -0.3 is 10.3 Å². The van der Waals surface area contributed by atoms with Crippen molar-refractivity contribution >= 4 is 19.2 Å². The monoisotopic (exact) mass is 290 g/mol. The fraction of sp³-hybridized carbons (Fsp3) is 0.467. The van der Waals surface area contributed by atoms with Gasteiger partial charge in [-0.05, 0) is 42.4 Å². The number of nitrogens with zero attached hydrogens (tertiary/aromatic N) is 2. The third-order valence-corrected chi connectivity index (χ3v) is 9.59. The van der Waals surface area contributed by atoms with Gasteiger partial charge in [-0.15, -0.1) is 0 Å². The number of benzene rings is 1. The molecule has 20 heavy (non-hydrogen) atoms. The molecule has 4 nitrogen and oxygen atoms in total. The number of carbonyl (C=O) groups is 1. The maximum Gasteiger partial charge on any atom is 0.305 e. The Bertz CT molecular complexity index is 507. The Balaban J connectivity index is 3.18. The Hall–Kier alpha value is -1.71. The number of rotatable bonds is 7. The van der Waals surface area contributed by atoms with Gasteiger partial charge >= 0.3 is 5.33 Å². The molecule has 1 aromatic carbocycles. The Morgan fingerprint density at radius 2 is 1.65 bits per heavy atom. The molecule has 0 aliphatic carbocycles. The van der Waals surface area contributed by atoms with E-state index in [-0.39, 0.29) is 5.78 Å². The molecule has 1 aromatic rings. The van der Waals surface area contributed by atoms with Crippen LogP contribution in [0.5, 0.6) is 5.75 Å². The van der Waals surface area contributed by atoms with Gasteiger partial charge in [-0.25, -0.2) is 0 Å². The van der Waals surface area contributed by atoms with Crippen LogP contribution in [0.1, 0.15) is 31.1 Å². The maximum absolute atomic E-state index is 12.6. The molecule has 0 saturated carbocycles. The van der Waals surface area contributed by atoms with E-state index in [2.05, 4.69) is 25.6 Å². The van der Waals surface area contributed by atoms with Crippen LogP contribution in [0, 0.1) is 0 Å². The molecular weight excluding hydrogens is 268 g/mol. The predicted octanol–water partition coefficient (Wildman–Crippen LogP) is 3.60. The average Bonchev–Trinajstić information content (AvgIpc) is 2.52. The van der Waals surface area contributed by atoms with Crippen molar-refractivity contribution in [3.8, 4) is 5.75 Å². The van der Waals surface area contributed by atoms with Crippen molar-refractivity contribution in [2.45, 2.75) is 38.9 Å². The average molecular weight is 290 g/mol. The summed E-state index contributed by atoms with van der Waals surface area (Å²) in [5.41, 5.74) is 9.91. The Labute approximate surface area is 121 Å². The SMILES string of the molecule is CC[Si](CC)(CC)C(=[N+]=[N-])C(=O)c1ccc(OC)cc1. The molecule has 108 valence electrons. The lowest BCUT2D eigenvalue weighted by molar-refractivity contribution is -0.00264. The Morgan fingerprint density at radius 3 is 2.00 bits per heavy atom. The molecular formula is C15H22N2O2Si. The van der Waals surface area contributed by atoms with E-state index in [1.807, 2.05) is 0 Å². The zero-order valence-corrected chi connectivity index (χ0v) is 13.6. The second-order valence-electron chi connectivity index (χ2n) is 4.85. The van der Waals surface area contributed by atoms with Gasteiger partial charge in [0.15, 0.2) is 8.07 Å². The summed E-state index contributed by atoms with van der Waals surface area (Å²) in [5, 5.41) is 0.384. The zero-order chi connectivity index (χ0) is 15.2. The number of ether oxygens (including phenoxy) is 1. The van der Waals surface area contributed by atoms with E-state index in [1.54, 1.807) is 31.4 Å². The fourth-order valence-electron chi connectivity index (χ4n) is 2.52. The smallest absolute Gasteiger partial charge is 0.305 e. The molecule has 0 spiro atoms. The molecule has 0 aliphatic heterocycles. The molecule has 5 heteroatoms. The summed E-state index contributed by atoms with van der Waals surface area (Å²) in [6, 6.07) is 9.63. The van der Waals surface area contributed by atoms with Crippen molar-refractivity contribution in [2.24, 2.45) is 0 Å². The van der Waals surface area contributed by atoms with E-state index >= 15 is 0 Å². The van der Waals surface area contributed by atoms with Crippen molar-refractivity contribution in [1.29, 1.82) is 0 Å². The minimum atomic E-state index is -2.00. The topological polar surface area (TPSA) is 62.7 Å². The molecule has 0 radical (unpaired) electrons. The largest absolute Gasteiger partial charge is 0.497 e. The van der Waals surface area contributed by atoms with Gasteiger partial charge in [-0.2, -0.15) is 4.79 Å². The highest BCUT2D eigenvalue weighted by Gasteiger charge is 2.45. The number of hydrogen-bond donors (Lipinski definition) is 0. The van der Waals surface area contributed by atoms with Gasteiger partial charge in [0.05, 0.1) is 7.11 Å². The van der Waals surface area contributed by atoms with Gasteiger partial charge in [0.2, 0.25) is 0 Å². The van der Waals surface area contributed by atoms with E-state index < -0.39 is 8.07 Å². The highest BCUT2D eigenvalue weighted by atomic mass is 28.3. The van der Waals surface area contributed by atoms with E-state index in [1.165, 1.54) is 0 Å². The first-order valence-corrected chi connectivity index (χ1v) is 9.61. The summed E-state index contributed by atoms with van der Waals surface area (Å²) >= 11 is 0. The summed E-state index contributed by atoms with van der Waals surface area (Å²) < 4.78 is 5.08. The van der Waals surface area contributed by atoms with Crippen molar-refractivity contribution in [2.75, 3.05) is 7.11 Å². The van der Waals surface area contributed by atoms with E-state index in [0.717, 1.165) is 18.1 Å². The van der Waals surface area contributed by atoms with Gasteiger partial charge in [0, 0.05) is 5.56 Å². The maximum atomic E-state index is 12.6. The number of ketones is 1. The molecule has 0 saturated heterocycles. The summed E-state index contributed by atoms with van der Waals surface area (Å²) in [6.45, 7) is 6.23. The highest BCUT2D eigenvalue weighted by Crippen LogP contribution is 2.23. The zero-order valence-electron chi connectivity index (χ0n) is 12.6. The number of Topliss-reactive ketones (excluding diaryl/α,β-unsaturated/α-hetero) is 1. The van der Waals surface area contributed by atoms with E-state index in [0.29, 0.717) is 16.6 Å². The molecule has 0 aliphatic rings. The van der Waals surface area contributed by atoms with Crippen LogP contribution >= 0.6 is 0 Å². The van der Waals surface area contributed by atoms with E-state index in [9.17, 15) is 10.3 Å². The van der Waals surface area contributed by atoms with Crippen LogP contribution in [0.4, 0.5) is 0 Å². The van der Waals surface area contributed by atoms with E-state index in [4.69, 9.17) is 4.74 Å². The molecule has 0 N–H and O–H groups in total. The Morgan fingerprint density at radius 1 is 1.15 bits per heavy atom. The number of hydrogen-bond acceptors (Lipinski definition) is 2. The second-order valence-corrected chi connectivity index (χ2v) is 10.0. The molecule has 0 atom stereocenters. The quantitative estimate of drug-likeness (QED) is 0.253. The lowest BCUT2D eigenvalue weighted by Crippen LogP contribution is -2.47. The Kier molecular flexibility index (Phi) is 5.86. The van der Waals surface area contributed by atoms with Crippen LogP contribution in [0.15, 0.2) is 24.3 Å². The lowest BCUT2D eigenvalue weighted by atomic mass is 10.1. The third kappa shape index (κ3) is 3.06. The van der Waals surface area contributed by atoms with Crippen LogP contribution in [0.3, 0.4) is 0 Å². The van der Waals surface area contributed by atoms with Crippen LogP contribution < -0.4 is 4.74 Å².